The number of carbonyl (C=O) groups excluding carboxylic acids is 1. The third-order valence-corrected chi connectivity index (χ3v) is 2.80. The van der Waals surface area contributed by atoms with Gasteiger partial charge in [0, 0.05) is 24.3 Å². The van der Waals surface area contributed by atoms with Gasteiger partial charge in [0.2, 0.25) is 5.88 Å². The van der Waals surface area contributed by atoms with Crippen molar-refractivity contribution in [1.29, 1.82) is 0 Å². The van der Waals surface area contributed by atoms with E-state index in [0.717, 1.165) is 6.08 Å². The Morgan fingerprint density at radius 2 is 2.00 bits per heavy atom. The van der Waals surface area contributed by atoms with Crippen molar-refractivity contribution in [3.8, 4) is 0 Å². The molecular weight excluding hydrogens is 234 g/mol. The van der Waals surface area contributed by atoms with Crippen LogP contribution in [0.3, 0.4) is 0 Å². The van der Waals surface area contributed by atoms with Gasteiger partial charge in [-0.05, 0) is 0 Å². The van der Waals surface area contributed by atoms with Gasteiger partial charge >= 0.3 is 0 Å². The molecule has 0 radical (unpaired) electrons. The average Bonchev–Trinajstić information content (AvgIpc) is 2.38. The maximum Gasteiger partial charge on any atom is 0.209 e. The van der Waals surface area contributed by atoms with Crippen molar-refractivity contribution < 1.29 is 20.1 Å². The zero-order valence-corrected chi connectivity index (χ0v) is 9.52. The van der Waals surface area contributed by atoms with Crippen LogP contribution in [0.4, 0.5) is 0 Å². The molecule has 1 heterocycles. The summed E-state index contributed by atoms with van der Waals surface area (Å²) in [6.45, 7) is 0. The first-order valence-corrected chi connectivity index (χ1v) is 5.47. The van der Waals surface area contributed by atoms with E-state index in [-0.39, 0.29) is 6.42 Å². The maximum absolute atomic E-state index is 12.0. The monoisotopic (exact) mass is 247 g/mol. The van der Waals surface area contributed by atoms with Gasteiger partial charge in [-0.2, -0.15) is 0 Å². The zero-order chi connectivity index (χ0) is 13.2. The molecule has 5 heteroatoms. The van der Waals surface area contributed by atoms with E-state index in [2.05, 4.69) is 4.99 Å². The number of aliphatic hydroxyl groups is 3. The molecule has 0 bridgehead atoms. The number of rotatable bonds is 3. The third-order valence-electron chi connectivity index (χ3n) is 2.80. The van der Waals surface area contributed by atoms with Gasteiger partial charge in [-0.3, -0.25) is 4.79 Å². The van der Waals surface area contributed by atoms with E-state index in [1.807, 2.05) is 0 Å². The number of benzene rings is 1. The minimum atomic E-state index is -1.82. The van der Waals surface area contributed by atoms with E-state index in [4.69, 9.17) is 0 Å². The fraction of sp³-hybridized carbons (Fsp3) is 0.231. The summed E-state index contributed by atoms with van der Waals surface area (Å²) in [7, 11) is 0. The van der Waals surface area contributed by atoms with Gasteiger partial charge in [0.25, 0.3) is 0 Å². The molecule has 0 spiro atoms. The SMILES string of the molecule is O=C(c1ccccc1)C(O)C1(O)C=C(O)N=CC1. The van der Waals surface area contributed by atoms with Gasteiger partial charge in [-0.15, -0.1) is 0 Å². The van der Waals surface area contributed by atoms with Crippen molar-refractivity contribution in [2.75, 3.05) is 0 Å². The Bertz CT molecular complexity index is 509. The largest absolute Gasteiger partial charge is 0.493 e. The third kappa shape index (κ3) is 2.32. The Morgan fingerprint density at radius 1 is 1.33 bits per heavy atom. The second-order valence-electron chi connectivity index (χ2n) is 4.14. The summed E-state index contributed by atoms with van der Waals surface area (Å²) in [6, 6.07) is 8.18. The van der Waals surface area contributed by atoms with Crippen LogP contribution in [0.2, 0.25) is 0 Å². The predicted molar refractivity (Wildman–Crippen MR) is 65.5 cm³/mol. The number of ketones is 1. The lowest BCUT2D eigenvalue weighted by Gasteiger charge is -2.29. The molecule has 0 aromatic heterocycles. The first kappa shape index (κ1) is 12.5. The molecule has 2 unspecified atom stereocenters. The highest BCUT2D eigenvalue weighted by atomic mass is 16.3. The number of carbonyl (C=O) groups is 1. The lowest BCUT2D eigenvalue weighted by molar-refractivity contribution is -0.0229. The Morgan fingerprint density at radius 3 is 2.61 bits per heavy atom. The van der Waals surface area contributed by atoms with Crippen LogP contribution in [0.15, 0.2) is 47.3 Å². The fourth-order valence-corrected chi connectivity index (χ4v) is 1.78. The summed E-state index contributed by atoms with van der Waals surface area (Å²) < 4.78 is 0. The van der Waals surface area contributed by atoms with E-state index in [9.17, 15) is 20.1 Å². The molecule has 0 amide bonds. The summed E-state index contributed by atoms with van der Waals surface area (Å²) in [5, 5.41) is 29.3. The molecule has 2 rings (SSSR count). The standard InChI is InChI=1S/C13H13NO4/c15-10-8-13(18,6-7-14-10)12(17)11(16)9-4-2-1-3-5-9/h1-5,7-8,12,15,17-18H,6H2. The molecule has 1 aromatic rings. The number of hydrogen-bond donors (Lipinski definition) is 3. The van der Waals surface area contributed by atoms with Crippen LogP contribution in [0, 0.1) is 0 Å². The molecule has 5 nitrogen and oxygen atoms in total. The minimum absolute atomic E-state index is 0.0310. The molecule has 1 aromatic carbocycles. The Balaban J connectivity index is 2.25. The lowest BCUT2D eigenvalue weighted by atomic mass is 9.87. The number of Topliss-reactive ketones (excluding diaryl/α,β-unsaturated/α-hetero) is 1. The zero-order valence-electron chi connectivity index (χ0n) is 9.52. The van der Waals surface area contributed by atoms with Crippen LogP contribution in [-0.4, -0.2) is 39.0 Å². The van der Waals surface area contributed by atoms with Crippen LogP contribution >= 0.6 is 0 Å². The quantitative estimate of drug-likeness (QED) is 0.690. The van der Waals surface area contributed by atoms with Crippen LogP contribution in [-0.2, 0) is 0 Å². The van der Waals surface area contributed by atoms with Crippen molar-refractivity contribution in [3.63, 3.8) is 0 Å². The summed E-state index contributed by atoms with van der Waals surface area (Å²) in [5.41, 5.74) is -1.52. The summed E-state index contributed by atoms with van der Waals surface area (Å²) >= 11 is 0. The lowest BCUT2D eigenvalue weighted by Crippen LogP contribution is -2.47. The highest BCUT2D eigenvalue weighted by molar-refractivity contribution is 6.00. The van der Waals surface area contributed by atoms with Crippen LogP contribution in [0.1, 0.15) is 16.8 Å². The topological polar surface area (TPSA) is 90.1 Å². The summed E-state index contributed by atoms with van der Waals surface area (Å²) in [4.78, 5) is 15.5. The predicted octanol–water partition coefficient (Wildman–Crippen LogP) is 0.835. The minimum Gasteiger partial charge on any atom is -0.493 e. The Labute approximate surface area is 104 Å². The van der Waals surface area contributed by atoms with Crippen molar-refractivity contribution in [2.24, 2.45) is 4.99 Å². The second-order valence-corrected chi connectivity index (χ2v) is 4.14. The van der Waals surface area contributed by atoms with Gasteiger partial charge in [0.1, 0.15) is 11.7 Å². The van der Waals surface area contributed by atoms with Crippen LogP contribution in [0.25, 0.3) is 0 Å². The number of aliphatic hydroxyl groups excluding tert-OH is 2. The normalized spacial score (nSPS) is 24.4. The molecule has 2 atom stereocenters. The van der Waals surface area contributed by atoms with Gasteiger partial charge in [0.15, 0.2) is 5.78 Å². The fourth-order valence-electron chi connectivity index (χ4n) is 1.78. The maximum atomic E-state index is 12.0. The van der Waals surface area contributed by atoms with E-state index < -0.39 is 23.4 Å². The van der Waals surface area contributed by atoms with Crippen molar-refractivity contribution in [2.45, 2.75) is 18.1 Å². The average molecular weight is 247 g/mol. The smallest absolute Gasteiger partial charge is 0.209 e. The van der Waals surface area contributed by atoms with E-state index >= 15 is 0 Å². The Hall–Kier alpha value is -1.98. The van der Waals surface area contributed by atoms with Crippen LogP contribution in [0.5, 0.6) is 0 Å². The highest BCUT2D eigenvalue weighted by Crippen LogP contribution is 2.24. The number of hydrogen-bond acceptors (Lipinski definition) is 5. The van der Waals surface area contributed by atoms with Gasteiger partial charge in [-0.1, -0.05) is 30.3 Å². The number of aliphatic imine (C=N–C) groups is 1. The van der Waals surface area contributed by atoms with Crippen molar-refractivity contribution in [1.82, 2.24) is 0 Å². The van der Waals surface area contributed by atoms with Gasteiger partial charge < -0.3 is 15.3 Å². The molecule has 1 aliphatic heterocycles. The van der Waals surface area contributed by atoms with Gasteiger partial charge in [-0.25, -0.2) is 4.99 Å². The van der Waals surface area contributed by atoms with Gasteiger partial charge in [0.05, 0.1) is 0 Å². The first-order chi connectivity index (χ1) is 8.53. The molecule has 0 fully saturated rings. The molecule has 3 N–H and O–H groups in total. The molecule has 0 saturated heterocycles. The van der Waals surface area contributed by atoms with Crippen LogP contribution < -0.4 is 0 Å². The summed E-state index contributed by atoms with van der Waals surface area (Å²) in [5.74, 6) is -1.01. The van der Waals surface area contributed by atoms with Crippen molar-refractivity contribution >= 4 is 12.0 Å². The highest BCUT2D eigenvalue weighted by Gasteiger charge is 2.40. The molecule has 94 valence electrons. The molecule has 18 heavy (non-hydrogen) atoms. The van der Waals surface area contributed by atoms with Crippen molar-refractivity contribution in [3.05, 3.63) is 47.9 Å². The molecule has 1 aliphatic rings. The molecule has 0 saturated carbocycles. The summed E-state index contributed by atoms with van der Waals surface area (Å²) in [6.07, 6.45) is 0.570. The second kappa shape index (κ2) is 4.72. The Kier molecular flexibility index (Phi) is 3.27. The molecular formula is C13H13NO4. The van der Waals surface area contributed by atoms with E-state index in [1.165, 1.54) is 6.21 Å². The number of nitrogens with zero attached hydrogens (tertiary/aromatic N) is 1. The molecule has 0 aliphatic carbocycles. The van der Waals surface area contributed by atoms with E-state index in [0.29, 0.717) is 5.56 Å². The first-order valence-electron chi connectivity index (χ1n) is 5.47. The van der Waals surface area contributed by atoms with E-state index in [1.54, 1.807) is 30.3 Å².